The molecule has 0 fully saturated rings. The van der Waals surface area contributed by atoms with Crippen LogP contribution in [0.2, 0.25) is 5.02 Å². The van der Waals surface area contributed by atoms with Gasteiger partial charge in [-0.3, -0.25) is 4.72 Å². The minimum absolute atomic E-state index is 0.000859. The van der Waals surface area contributed by atoms with E-state index in [2.05, 4.69) is 9.71 Å². The highest BCUT2D eigenvalue weighted by molar-refractivity contribution is 7.92. The second-order valence-corrected chi connectivity index (χ2v) is 10.7. The molecule has 0 aliphatic carbocycles. The van der Waals surface area contributed by atoms with E-state index in [1.807, 2.05) is 62.4 Å². The maximum absolute atomic E-state index is 14.1. The number of aromatic nitrogens is 1. The molecule has 1 heterocycles. The number of nitrogens with zero attached hydrogens (tertiary/aromatic N) is 1. The van der Waals surface area contributed by atoms with E-state index in [-0.39, 0.29) is 15.7 Å². The number of halogens is 2. The number of benzene rings is 3. The van der Waals surface area contributed by atoms with E-state index < -0.39 is 21.6 Å². The Morgan fingerprint density at radius 3 is 2.16 bits per heavy atom. The molecule has 0 spiro atoms. The Hall–Kier alpha value is -2.74. The number of rotatable bonds is 6. The van der Waals surface area contributed by atoms with Crippen molar-refractivity contribution in [2.45, 2.75) is 19.6 Å². The third kappa shape index (κ3) is 5.18. The van der Waals surface area contributed by atoms with Crippen molar-refractivity contribution in [2.24, 2.45) is 0 Å². The third-order valence-corrected chi connectivity index (χ3v) is 7.44. The van der Waals surface area contributed by atoms with E-state index in [4.69, 9.17) is 11.6 Å². The summed E-state index contributed by atoms with van der Waals surface area (Å²) in [5, 5.41) is 0.493. The lowest BCUT2D eigenvalue weighted by atomic mass is 10.0. The molecule has 0 amide bonds. The monoisotopic (exact) mass is 486 g/mol. The quantitative estimate of drug-likeness (QED) is 0.325. The fourth-order valence-electron chi connectivity index (χ4n) is 3.20. The van der Waals surface area contributed by atoms with Gasteiger partial charge in [-0.15, -0.1) is 0 Å². The molecule has 1 N–H and O–H groups in total. The Bertz CT molecular complexity index is 1300. The Labute approximate surface area is 195 Å². The van der Waals surface area contributed by atoms with Gasteiger partial charge in [0.2, 0.25) is 10.0 Å². The first-order valence-corrected chi connectivity index (χ1v) is 12.6. The van der Waals surface area contributed by atoms with Crippen LogP contribution >= 0.6 is 22.9 Å². The van der Waals surface area contributed by atoms with Gasteiger partial charge in [-0.2, -0.15) is 0 Å². The van der Waals surface area contributed by atoms with Crippen LogP contribution in [0.3, 0.4) is 0 Å². The van der Waals surface area contributed by atoms with Crippen LogP contribution in [-0.4, -0.2) is 13.4 Å². The number of thiazole rings is 1. The van der Waals surface area contributed by atoms with Crippen molar-refractivity contribution in [3.63, 3.8) is 0 Å². The van der Waals surface area contributed by atoms with Crippen molar-refractivity contribution in [3.8, 4) is 21.7 Å². The fraction of sp³-hybridized carbons (Fsp3) is 0.125. The molecule has 0 unspecified atom stereocenters. The molecule has 4 aromatic rings. The average molecular weight is 487 g/mol. The second kappa shape index (κ2) is 9.02. The van der Waals surface area contributed by atoms with Crippen LogP contribution in [0.15, 0.2) is 66.7 Å². The second-order valence-electron chi connectivity index (χ2n) is 7.53. The number of aryl methyl sites for hydroxylation is 2. The molecule has 4 nitrogen and oxygen atoms in total. The molecule has 4 rings (SSSR count). The third-order valence-electron chi connectivity index (χ3n) is 4.86. The fourth-order valence-corrected chi connectivity index (χ4v) is 5.80. The molecule has 0 saturated heterocycles. The summed E-state index contributed by atoms with van der Waals surface area (Å²) in [5.74, 6) is -1.17. The molecule has 0 radical (unpaired) electrons. The van der Waals surface area contributed by atoms with E-state index in [9.17, 15) is 12.8 Å². The smallest absolute Gasteiger partial charge is 0.238 e. The van der Waals surface area contributed by atoms with Crippen molar-refractivity contribution in [2.75, 3.05) is 4.72 Å². The normalized spacial score (nSPS) is 11.5. The number of sulfonamides is 1. The highest BCUT2D eigenvalue weighted by Gasteiger charge is 2.20. The summed E-state index contributed by atoms with van der Waals surface area (Å²) in [7, 11) is -3.91. The van der Waals surface area contributed by atoms with E-state index in [1.54, 1.807) is 0 Å². The van der Waals surface area contributed by atoms with Crippen LogP contribution in [0.4, 0.5) is 9.52 Å². The topological polar surface area (TPSA) is 59.1 Å². The van der Waals surface area contributed by atoms with Gasteiger partial charge in [0.25, 0.3) is 0 Å². The van der Waals surface area contributed by atoms with Gasteiger partial charge in [0.1, 0.15) is 5.82 Å². The van der Waals surface area contributed by atoms with Crippen LogP contribution < -0.4 is 4.72 Å². The van der Waals surface area contributed by atoms with Crippen LogP contribution in [-0.2, 0) is 15.8 Å². The predicted molar refractivity (Wildman–Crippen MR) is 130 cm³/mol. The maximum atomic E-state index is 14.1. The number of nitrogens with one attached hydrogen (secondary N) is 1. The highest BCUT2D eigenvalue weighted by atomic mass is 35.5. The minimum Gasteiger partial charge on any atom is -0.258 e. The van der Waals surface area contributed by atoms with Crippen molar-refractivity contribution < 1.29 is 12.8 Å². The van der Waals surface area contributed by atoms with E-state index in [1.165, 1.54) is 23.5 Å². The molecule has 0 aliphatic rings. The van der Waals surface area contributed by atoms with Crippen LogP contribution in [0.1, 0.15) is 16.7 Å². The number of hydrogen-bond donors (Lipinski definition) is 1. The lowest BCUT2D eigenvalue weighted by Gasteiger charge is -2.06. The van der Waals surface area contributed by atoms with Gasteiger partial charge in [0, 0.05) is 16.1 Å². The summed E-state index contributed by atoms with van der Waals surface area (Å²) >= 11 is 7.14. The summed E-state index contributed by atoms with van der Waals surface area (Å²) in [6.45, 7) is 4.01. The summed E-state index contributed by atoms with van der Waals surface area (Å²) < 4.78 is 42.1. The van der Waals surface area contributed by atoms with Crippen molar-refractivity contribution in [3.05, 3.63) is 94.3 Å². The standard InChI is InChI=1S/C24H20ClFN2O2S2/c1-15-3-7-17(8-4-15)22-23(18-9-5-16(2)6-10-18)31-24(27-22)28-32(29,30)14-19-13-20(25)11-12-21(19)26/h3-13H,14H2,1-2H3,(H,27,28). The van der Waals surface area contributed by atoms with Gasteiger partial charge in [0.15, 0.2) is 5.13 Å². The number of hydrogen-bond acceptors (Lipinski definition) is 4. The Morgan fingerprint density at radius 2 is 1.53 bits per heavy atom. The van der Waals surface area contributed by atoms with Gasteiger partial charge < -0.3 is 0 Å². The van der Waals surface area contributed by atoms with Crippen LogP contribution in [0.25, 0.3) is 21.7 Å². The zero-order chi connectivity index (χ0) is 22.9. The van der Waals surface area contributed by atoms with Gasteiger partial charge in [0.05, 0.1) is 16.3 Å². The molecule has 3 aromatic carbocycles. The molecule has 0 aliphatic heterocycles. The molecule has 8 heteroatoms. The molecule has 0 bridgehead atoms. The molecular weight excluding hydrogens is 467 g/mol. The Morgan fingerprint density at radius 1 is 0.938 bits per heavy atom. The van der Waals surface area contributed by atoms with E-state index in [0.29, 0.717) is 5.69 Å². The van der Waals surface area contributed by atoms with Gasteiger partial charge >= 0.3 is 0 Å². The van der Waals surface area contributed by atoms with Crippen molar-refractivity contribution in [1.82, 2.24) is 4.98 Å². The predicted octanol–water partition coefficient (Wildman–Crippen LogP) is 6.83. The summed E-state index contributed by atoms with van der Waals surface area (Å²) in [4.78, 5) is 5.43. The Balaban J connectivity index is 1.71. The van der Waals surface area contributed by atoms with Crippen molar-refractivity contribution >= 4 is 38.1 Å². The lowest BCUT2D eigenvalue weighted by molar-refractivity contribution is 0.591. The van der Waals surface area contributed by atoms with Crippen LogP contribution in [0.5, 0.6) is 0 Å². The largest absolute Gasteiger partial charge is 0.258 e. The lowest BCUT2D eigenvalue weighted by Crippen LogP contribution is -2.15. The van der Waals surface area contributed by atoms with Gasteiger partial charge in [-0.25, -0.2) is 17.8 Å². The molecular formula is C24H20ClFN2O2S2. The first-order chi connectivity index (χ1) is 15.2. The number of anilines is 1. The van der Waals surface area contributed by atoms with E-state index >= 15 is 0 Å². The zero-order valence-electron chi connectivity index (χ0n) is 17.4. The summed E-state index contributed by atoms with van der Waals surface area (Å²) in [6, 6.07) is 19.7. The maximum Gasteiger partial charge on any atom is 0.238 e. The first-order valence-electron chi connectivity index (χ1n) is 9.79. The molecule has 0 saturated carbocycles. The summed E-state index contributed by atoms with van der Waals surface area (Å²) in [5.41, 5.74) is 4.75. The molecule has 164 valence electrons. The van der Waals surface area contributed by atoms with Crippen molar-refractivity contribution in [1.29, 1.82) is 0 Å². The first kappa shape index (κ1) is 22.5. The van der Waals surface area contributed by atoms with Gasteiger partial charge in [-0.05, 0) is 37.6 Å². The highest BCUT2D eigenvalue weighted by Crippen LogP contribution is 2.39. The van der Waals surface area contributed by atoms with Gasteiger partial charge in [-0.1, -0.05) is 82.6 Å². The Kier molecular flexibility index (Phi) is 6.33. The SMILES string of the molecule is Cc1ccc(-c2nc(NS(=O)(=O)Cc3cc(Cl)ccc3F)sc2-c2ccc(C)cc2)cc1. The van der Waals surface area contributed by atoms with Crippen LogP contribution in [0, 0.1) is 19.7 Å². The molecule has 1 aromatic heterocycles. The zero-order valence-corrected chi connectivity index (χ0v) is 19.8. The average Bonchev–Trinajstić information content (AvgIpc) is 3.14. The minimum atomic E-state index is -3.91. The summed E-state index contributed by atoms with van der Waals surface area (Å²) in [6.07, 6.45) is 0. The molecule has 0 atom stereocenters. The van der Waals surface area contributed by atoms with E-state index in [0.717, 1.165) is 33.2 Å². The molecule has 32 heavy (non-hydrogen) atoms.